The van der Waals surface area contributed by atoms with Gasteiger partial charge >= 0.3 is 0 Å². The third-order valence-corrected chi connectivity index (χ3v) is 3.08. The molecular weight excluding hydrogens is 255 g/mol. The Bertz CT molecular complexity index is 599. The largest absolute Gasteiger partial charge is 0.350 e. The third kappa shape index (κ3) is 3.42. The van der Waals surface area contributed by atoms with E-state index < -0.39 is 11.7 Å². The van der Waals surface area contributed by atoms with Gasteiger partial charge in [-0.15, -0.1) is 0 Å². The first-order chi connectivity index (χ1) is 9.58. The van der Waals surface area contributed by atoms with Crippen LogP contribution in [-0.4, -0.2) is 12.5 Å². The lowest BCUT2D eigenvalue weighted by atomic mass is 10.1. The number of carbonyl (C=O) groups excluding carboxylic acids is 1. The van der Waals surface area contributed by atoms with Crippen LogP contribution in [0.3, 0.4) is 0 Å². The van der Waals surface area contributed by atoms with E-state index in [4.69, 9.17) is 5.73 Å². The highest BCUT2D eigenvalue weighted by Crippen LogP contribution is 2.11. The molecule has 0 heterocycles. The fourth-order valence-electron chi connectivity index (χ4n) is 1.93. The van der Waals surface area contributed by atoms with Crippen LogP contribution >= 0.6 is 0 Å². The lowest BCUT2D eigenvalue weighted by Gasteiger charge is -2.13. The third-order valence-electron chi connectivity index (χ3n) is 3.08. The van der Waals surface area contributed by atoms with Crippen molar-refractivity contribution in [2.24, 2.45) is 5.73 Å². The highest BCUT2D eigenvalue weighted by atomic mass is 19.1. The molecule has 0 radical (unpaired) electrons. The molecule has 0 saturated heterocycles. The lowest BCUT2D eigenvalue weighted by molar-refractivity contribution is 0.0947. The smallest absolute Gasteiger partial charge is 0.254 e. The average Bonchev–Trinajstić information content (AvgIpc) is 2.47. The Morgan fingerprint density at radius 2 is 1.95 bits per heavy atom. The molecule has 0 spiro atoms. The minimum atomic E-state index is -0.526. The van der Waals surface area contributed by atoms with E-state index in [0.717, 1.165) is 11.1 Å². The summed E-state index contributed by atoms with van der Waals surface area (Å²) in [7, 11) is 0. The molecule has 2 aromatic rings. The van der Waals surface area contributed by atoms with E-state index in [-0.39, 0.29) is 18.2 Å². The van der Waals surface area contributed by atoms with Crippen LogP contribution in [0.5, 0.6) is 0 Å². The highest BCUT2D eigenvalue weighted by molar-refractivity contribution is 5.94. The van der Waals surface area contributed by atoms with Crippen molar-refractivity contribution in [3.05, 3.63) is 71.0 Å². The molecule has 0 aromatic heterocycles. The van der Waals surface area contributed by atoms with E-state index in [0.29, 0.717) is 0 Å². The second-order valence-electron chi connectivity index (χ2n) is 4.71. The van der Waals surface area contributed by atoms with E-state index >= 15 is 0 Å². The molecule has 3 N–H and O–H groups in total. The molecule has 2 aromatic carbocycles. The highest BCUT2D eigenvalue weighted by Gasteiger charge is 2.13. The summed E-state index contributed by atoms with van der Waals surface area (Å²) >= 11 is 0. The molecule has 1 amide bonds. The molecule has 3 nitrogen and oxygen atoms in total. The van der Waals surface area contributed by atoms with Crippen molar-refractivity contribution >= 4 is 5.91 Å². The van der Waals surface area contributed by atoms with Crippen LogP contribution < -0.4 is 11.1 Å². The van der Waals surface area contributed by atoms with Gasteiger partial charge in [-0.05, 0) is 24.6 Å². The van der Waals surface area contributed by atoms with Crippen LogP contribution in [0.2, 0.25) is 0 Å². The summed E-state index contributed by atoms with van der Waals surface area (Å²) in [6.07, 6.45) is 0. The van der Waals surface area contributed by atoms with E-state index in [2.05, 4.69) is 5.32 Å². The first kappa shape index (κ1) is 14.2. The Balaban J connectivity index is 2.00. The minimum Gasteiger partial charge on any atom is -0.350 e. The van der Waals surface area contributed by atoms with Gasteiger partial charge in [0.1, 0.15) is 5.82 Å². The van der Waals surface area contributed by atoms with E-state index in [1.807, 2.05) is 37.3 Å². The average molecular weight is 272 g/mol. The van der Waals surface area contributed by atoms with Gasteiger partial charge in [-0.1, -0.05) is 42.0 Å². The standard InChI is InChI=1S/C16H17FN2O/c1-11-7-8-14(17)13(9-11)16(20)19-10-15(18)12-5-3-2-4-6-12/h2-9,15H,10,18H2,1H3,(H,19,20). The van der Waals surface area contributed by atoms with Gasteiger partial charge < -0.3 is 11.1 Å². The number of amides is 1. The number of aryl methyl sites for hydroxylation is 1. The van der Waals surface area contributed by atoms with Gasteiger partial charge in [-0.25, -0.2) is 4.39 Å². The van der Waals surface area contributed by atoms with Crippen LogP contribution in [0.25, 0.3) is 0 Å². The summed E-state index contributed by atoms with van der Waals surface area (Å²) in [6.45, 7) is 2.07. The van der Waals surface area contributed by atoms with E-state index in [1.165, 1.54) is 12.1 Å². The molecule has 104 valence electrons. The van der Waals surface area contributed by atoms with Crippen molar-refractivity contribution in [3.8, 4) is 0 Å². The maximum absolute atomic E-state index is 13.6. The molecule has 2 rings (SSSR count). The van der Waals surface area contributed by atoms with Crippen LogP contribution in [0.4, 0.5) is 4.39 Å². The number of nitrogens with two attached hydrogens (primary N) is 1. The monoisotopic (exact) mass is 272 g/mol. The van der Waals surface area contributed by atoms with Gasteiger partial charge in [0, 0.05) is 12.6 Å². The fourth-order valence-corrected chi connectivity index (χ4v) is 1.93. The topological polar surface area (TPSA) is 55.1 Å². The molecule has 0 saturated carbocycles. The van der Waals surface area contributed by atoms with Gasteiger partial charge in [0.2, 0.25) is 0 Å². The number of carbonyl (C=O) groups is 1. The van der Waals surface area contributed by atoms with Crippen LogP contribution in [0.15, 0.2) is 48.5 Å². The number of nitrogens with one attached hydrogen (secondary N) is 1. The van der Waals surface area contributed by atoms with Crippen LogP contribution in [0.1, 0.15) is 27.5 Å². The Labute approximate surface area is 117 Å². The van der Waals surface area contributed by atoms with Crippen molar-refractivity contribution in [1.82, 2.24) is 5.32 Å². The molecule has 20 heavy (non-hydrogen) atoms. The normalized spacial score (nSPS) is 11.9. The zero-order valence-corrected chi connectivity index (χ0v) is 11.3. The van der Waals surface area contributed by atoms with Gasteiger partial charge in [-0.3, -0.25) is 4.79 Å². The van der Waals surface area contributed by atoms with E-state index in [9.17, 15) is 9.18 Å². The number of rotatable bonds is 4. The number of halogens is 1. The van der Waals surface area contributed by atoms with Crippen molar-refractivity contribution in [3.63, 3.8) is 0 Å². The summed E-state index contributed by atoms with van der Waals surface area (Å²) in [5.74, 6) is -0.973. The molecular formula is C16H17FN2O. The van der Waals surface area contributed by atoms with E-state index in [1.54, 1.807) is 6.07 Å². The van der Waals surface area contributed by atoms with Gasteiger partial charge in [0.05, 0.1) is 5.56 Å². The SMILES string of the molecule is Cc1ccc(F)c(C(=O)NCC(N)c2ccccc2)c1. The van der Waals surface area contributed by atoms with Crippen molar-refractivity contribution in [2.45, 2.75) is 13.0 Å². The van der Waals surface area contributed by atoms with Crippen molar-refractivity contribution in [2.75, 3.05) is 6.54 Å². The minimum absolute atomic E-state index is 0.0465. The van der Waals surface area contributed by atoms with Crippen LogP contribution in [0, 0.1) is 12.7 Å². The summed E-state index contributed by atoms with van der Waals surface area (Å²) < 4.78 is 13.6. The van der Waals surface area contributed by atoms with Gasteiger partial charge in [0.15, 0.2) is 0 Å². The van der Waals surface area contributed by atoms with Crippen LogP contribution in [-0.2, 0) is 0 Å². The number of hydrogen-bond acceptors (Lipinski definition) is 2. The lowest BCUT2D eigenvalue weighted by Crippen LogP contribution is -2.32. The Hall–Kier alpha value is -2.20. The molecule has 0 fully saturated rings. The number of hydrogen-bond donors (Lipinski definition) is 2. The zero-order valence-electron chi connectivity index (χ0n) is 11.3. The molecule has 1 atom stereocenters. The molecule has 4 heteroatoms. The summed E-state index contributed by atoms with van der Waals surface area (Å²) in [6, 6.07) is 13.6. The molecule has 0 aliphatic heterocycles. The fraction of sp³-hybridized carbons (Fsp3) is 0.188. The summed E-state index contributed by atoms with van der Waals surface area (Å²) in [5, 5.41) is 2.66. The quantitative estimate of drug-likeness (QED) is 0.898. The summed E-state index contributed by atoms with van der Waals surface area (Å²) in [5.41, 5.74) is 7.79. The molecule has 0 aliphatic carbocycles. The second kappa shape index (κ2) is 6.30. The number of benzene rings is 2. The predicted octanol–water partition coefficient (Wildman–Crippen LogP) is 2.56. The van der Waals surface area contributed by atoms with Gasteiger partial charge in [0.25, 0.3) is 5.91 Å². The first-order valence-electron chi connectivity index (χ1n) is 6.43. The molecule has 0 aliphatic rings. The summed E-state index contributed by atoms with van der Waals surface area (Å²) in [4.78, 5) is 11.9. The Morgan fingerprint density at radius 1 is 1.25 bits per heavy atom. The van der Waals surface area contributed by atoms with Gasteiger partial charge in [-0.2, -0.15) is 0 Å². The Morgan fingerprint density at radius 3 is 2.65 bits per heavy atom. The Kier molecular flexibility index (Phi) is 4.48. The second-order valence-corrected chi connectivity index (χ2v) is 4.71. The molecule has 0 bridgehead atoms. The predicted molar refractivity (Wildman–Crippen MR) is 76.8 cm³/mol. The molecule has 1 unspecified atom stereocenters. The first-order valence-corrected chi connectivity index (χ1v) is 6.43. The van der Waals surface area contributed by atoms with Crippen molar-refractivity contribution in [1.29, 1.82) is 0 Å². The zero-order chi connectivity index (χ0) is 14.5. The van der Waals surface area contributed by atoms with Crippen molar-refractivity contribution < 1.29 is 9.18 Å². The maximum atomic E-state index is 13.6. The maximum Gasteiger partial charge on any atom is 0.254 e.